The summed E-state index contributed by atoms with van der Waals surface area (Å²) in [5.74, 6) is -0.371. The van der Waals surface area contributed by atoms with E-state index in [1.807, 2.05) is 24.2 Å². The lowest BCUT2D eigenvalue weighted by Crippen LogP contribution is -2.75. The van der Waals surface area contributed by atoms with Crippen LogP contribution in [0.2, 0.25) is 37.8 Å². The molecule has 1 amide bonds. The first-order valence-electron chi connectivity index (χ1n) is 8.17. The summed E-state index contributed by atoms with van der Waals surface area (Å²) < 4.78 is 1.99. The zero-order valence-electron chi connectivity index (χ0n) is 15.7. The van der Waals surface area contributed by atoms with Crippen LogP contribution < -0.4 is 0 Å². The predicted octanol–water partition coefficient (Wildman–Crippen LogP) is 3.04. The number of rotatable bonds is 5. The largest absolute Gasteiger partial charge is 0.393 e. The Morgan fingerprint density at radius 1 is 1.23 bits per heavy atom. The van der Waals surface area contributed by atoms with E-state index < -0.39 is 28.3 Å². The number of hydrogen-bond donors (Lipinski definition) is 1. The van der Waals surface area contributed by atoms with E-state index in [-0.39, 0.29) is 17.0 Å². The van der Waals surface area contributed by atoms with Crippen molar-refractivity contribution in [2.75, 3.05) is 0 Å². The van der Waals surface area contributed by atoms with E-state index in [2.05, 4.69) is 33.9 Å². The highest BCUT2D eigenvalue weighted by Gasteiger charge is 2.58. The second kappa shape index (κ2) is 5.87. The van der Waals surface area contributed by atoms with E-state index in [4.69, 9.17) is 0 Å². The maximum absolute atomic E-state index is 12.6. The molecule has 1 aliphatic rings. The Kier molecular flexibility index (Phi) is 5.22. The van der Waals surface area contributed by atoms with Crippen molar-refractivity contribution >= 4 is 27.6 Å². The Morgan fingerprint density at radius 3 is 2.00 bits per heavy atom. The van der Waals surface area contributed by atoms with Gasteiger partial charge in [0.25, 0.3) is 0 Å². The molecule has 1 saturated heterocycles. The van der Waals surface area contributed by atoms with Crippen LogP contribution in [-0.2, 0) is 9.59 Å². The Labute approximate surface area is 137 Å². The van der Waals surface area contributed by atoms with E-state index in [1.165, 1.54) is 0 Å². The van der Waals surface area contributed by atoms with Gasteiger partial charge in [0.15, 0.2) is 8.24 Å². The summed E-state index contributed by atoms with van der Waals surface area (Å²) in [5.41, 5.74) is 0. The van der Waals surface area contributed by atoms with Crippen LogP contribution in [0.15, 0.2) is 0 Å². The number of carbonyl (C=O) groups excluding carboxylic acids is 2. The van der Waals surface area contributed by atoms with Crippen molar-refractivity contribution < 1.29 is 14.7 Å². The third-order valence-electron chi connectivity index (χ3n) is 5.46. The highest BCUT2D eigenvalue weighted by Crippen LogP contribution is 2.46. The molecule has 0 aromatic carbocycles. The lowest BCUT2D eigenvalue weighted by molar-refractivity contribution is -0.155. The summed E-state index contributed by atoms with van der Waals surface area (Å²) >= 11 is 0. The average molecular weight is 344 g/mol. The van der Waals surface area contributed by atoms with Crippen LogP contribution in [0.1, 0.15) is 34.1 Å². The molecule has 22 heavy (non-hydrogen) atoms. The minimum atomic E-state index is -2.03. The van der Waals surface area contributed by atoms with E-state index in [0.29, 0.717) is 11.8 Å². The number of carbonyl (C=O) groups is 2. The molecule has 128 valence electrons. The number of aliphatic hydroxyl groups is 1. The summed E-state index contributed by atoms with van der Waals surface area (Å²) in [7, 11) is -3.90. The fourth-order valence-corrected chi connectivity index (χ4v) is 6.19. The fourth-order valence-electron chi connectivity index (χ4n) is 2.86. The Bertz CT molecular complexity index is 461. The molecule has 0 aromatic heterocycles. The van der Waals surface area contributed by atoms with Gasteiger partial charge >= 0.3 is 0 Å². The maximum Gasteiger partial charge on any atom is 0.222 e. The molecule has 1 aliphatic heterocycles. The summed E-state index contributed by atoms with van der Waals surface area (Å²) in [4.78, 5) is 25.2. The fraction of sp³-hybridized carbons (Fsp3) is 0.875. The standard InChI is InChI=1S/C16H33NO3Si2/c1-11(18)14-12(10-13(19)21(5,6)7)17(15(14)20)22(8,9)16(2,3)4/h11-12,14,18H,10H2,1-9H3/t11-,12-,14-/m1/s1. The third kappa shape index (κ3) is 3.38. The normalized spacial score (nSPS) is 25.0. The van der Waals surface area contributed by atoms with Crippen molar-refractivity contribution in [1.29, 1.82) is 0 Å². The van der Waals surface area contributed by atoms with Crippen LogP contribution in [0.5, 0.6) is 0 Å². The first-order chi connectivity index (χ1) is 9.62. The smallest absolute Gasteiger partial charge is 0.222 e. The molecule has 0 saturated carbocycles. The Hall–Kier alpha value is -0.466. The number of nitrogens with zero attached hydrogens (tertiary/aromatic N) is 1. The Balaban J connectivity index is 3.12. The van der Waals surface area contributed by atoms with Gasteiger partial charge in [0.2, 0.25) is 5.91 Å². The monoisotopic (exact) mass is 343 g/mol. The minimum absolute atomic E-state index is 0.0345. The Morgan fingerprint density at radius 2 is 1.68 bits per heavy atom. The maximum atomic E-state index is 12.6. The second-order valence-corrected chi connectivity index (χ2v) is 19.4. The molecule has 0 aromatic rings. The molecule has 4 nitrogen and oxygen atoms in total. The van der Waals surface area contributed by atoms with E-state index in [0.717, 1.165) is 0 Å². The van der Waals surface area contributed by atoms with Gasteiger partial charge in [-0.25, -0.2) is 0 Å². The number of hydrogen-bond acceptors (Lipinski definition) is 3. The number of amides is 1. The quantitative estimate of drug-likeness (QED) is 0.616. The lowest BCUT2D eigenvalue weighted by atomic mass is 9.84. The van der Waals surface area contributed by atoms with Crippen LogP contribution in [0.4, 0.5) is 0 Å². The van der Waals surface area contributed by atoms with Crippen LogP contribution >= 0.6 is 0 Å². The second-order valence-electron chi connectivity index (χ2n) is 9.23. The molecular formula is C16H33NO3Si2. The molecule has 1 N–H and O–H groups in total. The van der Waals surface area contributed by atoms with Gasteiger partial charge in [-0.2, -0.15) is 0 Å². The molecule has 1 heterocycles. The first-order valence-corrected chi connectivity index (χ1v) is 14.6. The molecule has 0 bridgehead atoms. The van der Waals surface area contributed by atoms with Gasteiger partial charge in [-0.15, -0.1) is 0 Å². The van der Waals surface area contributed by atoms with Crippen molar-refractivity contribution in [1.82, 2.24) is 4.57 Å². The molecule has 0 spiro atoms. The highest BCUT2D eigenvalue weighted by atomic mass is 28.3. The van der Waals surface area contributed by atoms with Crippen molar-refractivity contribution in [2.45, 2.75) is 84.0 Å². The van der Waals surface area contributed by atoms with Crippen molar-refractivity contribution in [3.8, 4) is 0 Å². The predicted molar refractivity (Wildman–Crippen MR) is 96.0 cm³/mol. The molecule has 1 rings (SSSR count). The van der Waals surface area contributed by atoms with E-state index in [9.17, 15) is 14.7 Å². The molecule has 1 fully saturated rings. The van der Waals surface area contributed by atoms with Crippen LogP contribution in [-0.4, -0.2) is 49.4 Å². The number of aliphatic hydroxyl groups excluding tert-OH is 1. The van der Waals surface area contributed by atoms with Crippen LogP contribution in [0.3, 0.4) is 0 Å². The molecule has 0 unspecified atom stereocenters. The third-order valence-corrected chi connectivity index (χ3v) is 12.8. The lowest BCUT2D eigenvalue weighted by Gasteiger charge is -2.59. The summed E-state index contributed by atoms with van der Waals surface area (Å²) in [6, 6.07) is -0.118. The van der Waals surface area contributed by atoms with Gasteiger partial charge in [-0.05, 0) is 12.0 Å². The first kappa shape index (κ1) is 19.6. The highest BCUT2D eigenvalue weighted by molar-refractivity contribution is 7.03. The van der Waals surface area contributed by atoms with Crippen molar-refractivity contribution in [3.05, 3.63) is 0 Å². The van der Waals surface area contributed by atoms with Gasteiger partial charge in [0, 0.05) is 12.5 Å². The van der Waals surface area contributed by atoms with E-state index >= 15 is 0 Å². The van der Waals surface area contributed by atoms with Gasteiger partial charge in [-0.3, -0.25) is 4.79 Å². The van der Waals surface area contributed by atoms with Crippen molar-refractivity contribution in [3.63, 3.8) is 0 Å². The SMILES string of the molecule is C[C@@H](O)[C@H]1C(=O)N([Si](C)(C)C(C)(C)C)[C@@H]1CC(=O)[Si](C)(C)C. The van der Waals surface area contributed by atoms with Gasteiger partial charge in [0.05, 0.1) is 12.0 Å². The molecule has 3 atom stereocenters. The van der Waals surface area contributed by atoms with Gasteiger partial charge < -0.3 is 14.5 Å². The summed E-state index contributed by atoms with van der Waals surface area (Å²) in [6.45, 7) is 18.7. The molecular weight excluding hydrogens is 310 g/mol. The topological polar surface area (TPSA) is 57.6 Å². The molecule has 0 radical (unpaired) electrons. The average Bonchev–Trinajstić information content (AvgIpc) is 2.23. The summed E-state index contributed by atoms with van der Waals surface area (Å²) in [6.07, 6.45) is -0.281. The van der Waals surface area contributed by atoms with Crippen LogP contribution in [0, 0.1) is 5.92 Å². The van der Waals surface area contributed by atoms with E-state index in [1.54, 1.807) is 6.92 Å². The zero-order valence-corrected chi connectivity index (χ0v) is 17.7. The van der Waals surface area contributed by atoms with Gasteiger partial charge in [0.1, 0.15) is 13.5 Å². The zero-order chi connectivity index (χ0) is 17.7. The summed E-state index contributed by atoms with van der Waals surface area (Å²) in [5, 5.41) is 10.3. The van der Waals surface area contributed by atoms with Crippen LogP contribution in [0.25, 0.3) is 0 Å². The molecule has 6 heteroatoms. The number of β-lactam (4-membered cyclic amide) rings is 1. The van der Waals surface area contributed by atoms with Gasteiger partial charge in [-0.1, -0.05) is 53.5 Å². The molecule has 0 aliphatic carbocycles. The van der Waals surface area contributed by atoms with Crippen molar-refractivity contribution in [2.24, 2.45) is 5.92 Å². The minimum Gasteiger partial charge on any atom is -0.393 e.